The van der Waals surface area contributed by atoms with Gasteiger partial charge in [-0.1, -0.05) is 26.2 Å². The van der Waals surface area contributed by atoms with Crippen molar-refractivity contribution in [3.8, 4) is 0 Å². The van der Waals surface area contributed by atoms with Gasteiger partial charge in [-0.3, -0.25) is 0 Å². The second-order valence-corrected chi connectivity index (χ2v) is 5.99. The average Bonchev–Trinajstić information content (AvgIpc) is 3.01. The highest BCUT2D eigenvalue weighted by Crippen LogP contribution is 2.38. The third-order valence-electron chi connectivity index (χ3n) is 4.65. The molecule has 1 atom stereocenters. The minimum atomic E-state index is 0.357. The summed E-state index contributed by atoms with van der Waals surface area (Å²) in [7, 11) is 0. The first kappa shape index (κ1) is 11.3. The van der Waals surface area contributed by atoms with Crippen LogP contribution < -0.4 is 5.32 Å². The van der Waals surface area contributed by atoms with Gasteiger partial charge in [-0.15, -0.1) is 0 Å². The SMILES string of the molecule is CC1(c2cnc(C3CCNC3)[nH]2)CCCCC1. The van der Waals surface area contributed by atoms with Gasteiger partial charge >= 0.3 is 0 Å². The van der Waals surface area contributed by atoms with Crippen molar-refractivity contribution in [3.63, 3.8) is 0 Å². The van der Waals surface area contributed by atoms with E-state index in [2.05, 4.69) is 28.4 Å². The largest absolute Gasteiger partial charge is 0.345 e. The maximum absolute atomic E-state index is 4.62. The molecule has 3 heteroatoms. The minimum absolute atomic E-state index is 0.357. The zero-order valence-electron chi connectivity index (χ0n) is 10.8. The summed E-state index contributed by atoms with van der Waals surface area (Å²) in [6, 6.07) is 0. The van der Waals surface area contributed by atoms with Crippen LogP contribution in [0.15, 0.2) is 6.20 Å². The van der Waals surface area contributed by atoms with E-state index in [0.717, 1.165) is 13.1 Å². The number of nitrogens with zero attached hydrogens (tertiary/aromatic N) is 1. The maximum atomic E-state index is 4.62. The summed E-state index contributed by atoms with van der Waals surface area (Å²) in [5.74, 6) is 1.81. The van der Waals surface area contributed by atoms with Gasteiger partial charge in [0.1, 0.15) is 5.82 Å². The zero-order valence-corrected chi connectivity index (χ0v) is 10.8. The van der Waals surface area contributed by atoms with E-state index in [1.807, 2.05) is 0 Å². The Bertz CT molecular complexity index is 371. The summed E-state index contributed by atoms with van der Waals surface area (Å²) >= 11 is 0. The number of aromatic nitrogens is 2. The van der Waals surface area contributed by atoms with Crippen LogP contribution in [0.3, 0.4) is 0 Å². The van der Waals surface area contributed by atoms with Crippen molar-refractivity contribution >= 4 is 0 Å². The van der Waals surface area contributed by atoms with Crippen molar-refractivity contribution in [2.45, 2.75) is 56.8 Å². The monoisotopic (exact) mass is 233 g/mol. The van der Waals surface area contributed by atoms with Crippen LogP contribution in [0, 0.1) is 0 Å². The van der Waals surface area contributed by atoms with Gasteiger partial charge in [0, 0.05) is 29.8 Å². The van der Waals surface area contributed by atoms with Gasteiger partial charge < -0.3 is 10.3 Å². The molecule has 1 saturated heterocycles. The molecule has 3 nitrogen and oxygen atoms in total. The van der Waals surface area contributed by atoms with E-state index in [9.17, 15) is 0 Å². The second kappa shape index (κ2) is 4.45. The Labute approximate surface area is 103 Å². The summed E-state index contributed by atoms with van der Waals surface area (Å²) in [4.78, 5) is 8.24. The number of hydrogen-bond acceptors (Lipinski definition) is 2. The van der Waals surface area contributed by atoms with E-state index in [1.54, 1.807) is 0 Å². The molecule has 2 heterocycles. The molecule has 17 heavy (non-hydrogen) atoms. The fraction of sp³-hybridized carbons (Fsp3) is 0.786. The molecule has 2 N–H and O–H groups in total. The van der Waals surface area contributed by atoms with Crippen LogP contribution in [0.4, 0.5) is 0 Å². The second-order valence-electron chi connectivity index (χ2n) is 5.99. The maximum Gasteiger partial charge on any atom is 0.110 e. The van der Waals surface area contributed by atoms with Crippen LogP contribution in [0.2, 0.25) is 0 Å². The number of imidazole rings is 1. The van der Waals surface area contributed by atoms with Crippen LogP contribution >= 0.6 is 0 Å². The highest BCUT2D eigenvalue weighted by atomic mass is 15.0. The Balaban J connectivity index is 1.78. The van der Waals surface area contributed by atoms with Gasteiger partial charge in [-0.25, -0.2) is 4.98 Å². The van der Waals surface area contributed by atoms with E-state index in [0.29, 0.717) is 11.3 Å². The molecule has 2 fully saturated rings. The van der Waals surface area contributed by atoms with Gasteiger partial charge in [0.2, 0.25) is 0 Å². The standard InChI is InChI=1S/C14H23N3/c1-14(6-3-2-4-7-14)12-10-16-13(17-12)11-5-8-15-9-11/h10-11,15H,2-9H2,1H3,(H,16,17). The van der Waals surface area contributed by atoms with Crippen molar-refractivity contribution in [2.75, 3.05) is 13.1 Å². The zero-order chi connectivity index (χ0) is 11.7. The molecule has 0 radical (unpaired) electrons. The molecule has 1 aliphatic carbocycles. The van der Waals surface area contributed by atoms with Crippen molar-refractivity contribution < 1.29 is 0 Å². The number of nitrogens with one attached hydrogen (secondary N) is 2. The van der Waals surface area contributed by atoms with Crippen molar-refractivity contribution in [3.05, 3.63) is 17.7 Å². The molecule has 0 spiro atoms. The van der Waals surface area contributed by atoms with Crippen LogP contribution in [-0.4, -0.2) is 23.1 Å². The van der Waals surface area contributed by atoms with E-state index in [1.165, 1.54) is 50.0 Å². The number of aromatic amines is 1. The predicted molar refractivity (Wildman–Crippen MR) is 69.3 cm³/mol. The lowest BCUT2D eigenvalue weighted by Crippen LogP contribution is -2.25. The summed E-state index contributed by atoms with van der Waals surface area (Å²) in [5.41, 5.74) is 1.73. The fourth-order valence-corrected chi connectivity index (χ4v) is 3.34. The molecule has 0 amide bonds. The van der Waals surface area contributed by atoms with Gasteiger partial charge in [0.15, 0.2) is 0 Å². The third-order valence-corrected chi connectivity index (χ3v) is 4.65. The number of H-pyrrole nitrogens is 1. The molecule has 1 aromatic rings. The lowest BCUT2D eigenvalue weighted by atomic mass is 9.74. The lowest BCUT2D eigenvalue weighted by molar-refractivity contribution is 0.312. The summed E-state index contributed by atoms with van der Waals surface area (Å²) in [5, 5.41) is 3.41. The first-order chi connectivity index (χ1) is 8.28. The Kier molecular flexibility index (Phi) is 2.95. The molecular weight excluding hydrogens is 210 g/mol. The fourth-order valence-electron chi connectivity index (χ4n) is 3.34. The van der Waals surface area contributed by atoms with Gasteiger partial charge in [-0.05, 0) is 25.8 Å². The van der Waals surface area contributed by atoms with E-state index < -0.39 is 0 Å². The lowest BCUT2D eigenvalue weighted by Gasteiger charge is -2.32. The first-order valence-corrected chi connectivity index (χ1v) is 7.04. The molecule has 1 saturated carbocycles. The van der Waals surface area contributed by atoms with E-state index >= 15 is 0 Å². The Hall–Kier alpha value is -0.830. The van der Waals surface area contributed by atoms with Crippen molar-refractivity contribution in [1.82, 2.24) is 15.3 Å². The Morgan fingerprint density at radius 1 is 1.29 bits per heavy atom. The van der Waals surface area contributed by atoms with Crippen molar-refractivity contribution in [1.29, 1.82) is 0 Å². The normalized spacial score (nSPS) is 28.4. The molecule has 1 aliphatic heterocycles. The third kappa shape index (κ3) is 2.13. The number of hydrogen-bond donors (Lipinski definition) is 2. The molecule has 1 unspecified atom stereocenters. The Morgan fingerprint density at radius 2 is 2.12 bits per heavy atom. The first-order valence-electron chi connectivity index (χ1n) is 7.04. The summed E-state index contributed by atoms with van der Waals surface area (Å²) in [6.07, 6.45) is 10.1. The highest BCUT2D eigenvalue weighted by molar-refractivity contribution is 5.17. The minimum Gasteiger partial charge on any atom is -0.345 e. The van der Waals surface area contributed by atoms with E-state index in [4.69, 9.17) is 0 Å². The molecule has 2 aliphatic rings. The topological polar surface area (TPSA) is 40.7 Å². The molecule has 0 bridgehead atoms. The molecule has 94 valence electrons. The average molecular weight is 233 g/mol. The molecule has 3 rings (SSSR count). The van der Waals surface area contributed by atoms with Crippen LogP contribution in [0.1, 0.15) is 62.9 Å². The quantitative estimate of drug-likeness (QED) is 0.824. The number of rotatable bonds is 2. The van der Waals surface area contributed by atoms with Gasteiger partial charge in [0.05, 0.1) is 0 Å². The van der Waals surface area contributed by atoms with Crippen LogP contribution in [0.5, 0.6) is 0 Å². The van der Waals surface area contributed by atoms with Crippen LogP contribution in [-0.2, 0) is 5.41 Å². The molecule has 0 aromatic carbocycles. The summed E-state index contributed by atoms with van der Waals surface area (Å²) < 4.78 is 0. The highest BCUT2D eigenvalue weighted by Gasteiger charge is 2.31. The Morgan fingerprint density at radius 3 is 2.82 bits per heavy atom. The van der Waals surface area contributed by atoms with Gasteiger partial charge in [0.25, 0.3) is 0 Å². The molecule has 1 aromatic heterocycles. The smallest absolute Gasteiger partial charge is 0.110 e. The van der Waals surface area contributed by atoms with E-state index in [-0.39, 0.29) is 0 Å². The van der Waals surface area contributed by atoms with Gasteiger partial charge in [-0.2, -0.15) is 0 Å². The van der Waals surface area contributed by atoms with Crippen LogP contribution in [0.25, 0.3) is 0 Å². The summed E-state index contributed by atoms with van der Waals surface area (Å²) in [6.45, 7) is 4.62. The molecular formula is C14H23N3. The predicted octanol–water partition coefficient (Wildman–Crippen LogP) is 2.71. The van der Waals surface area contributed by atoms with Crippen molar-refractivity contribution in [2.24, 2.45) is 0 Å².